The van der Waals surface area contributed by atoms with E-state index in [1.54, 1.807) is 13.3 Å². The standard InChI is InChI=1S/C24H25N5OS/c1-17-8-6-7-11-20(17)30-22-14-21(24(12-13-24)18-9-4-3-5-10-18)27-23(28-22)29-31-19(15-25)16-26-2/h3-11,14-16H,12-13,25H2,1-2H3,(H,27,28,29). The monoisotopic (exact) mass is 431 g/mol. The van der Waals surface area contributed by atoms with Gasteiger partial charge in [-0.25, -0.2) is 4.98 Å². The number of benzene rings is 2. The van der Waals surface area contributed by atoms with Crippen molar-refractivity contribution in [2.24, 2.45) is 10.7 Å². The zero-order valence-electron chi connectivity index (χ0n) is 17.6. The normalized spacial score (nSPS) is 15.1. The van der Waals surface area contributed by atoms with Crippen molar-refractivity contribution in [3.05, 3.63) is 88.6 Å². The first-order valence-corrected chi connectivity index (χ1v) is 10.9. The Balaban J connectivity index is 1.70. The maximum Gasteiger partial charge on any atom is 0.236 e. The van der Waals surface area contributed by atoms with Crippen LogP contribution < -0.4 is 15.2 Å². The van der Waals surface area contributed by atoms with Crippen molar-refractivity contribution in [2.75, 3.05) is 11.8 Å². The fourth-order valence-corrected chi connectivity index (χ4v) is 3.99. The summed E-state index contributed by atoms with van der Waals surface area (Å²) in [4.78, 5) is 14.2. The second-order valence-corrected chi connectivity index (χ2v) is 8.27. The van der Waals surface area contributed by atoms with Crippen molar-refractivity contribution in [2.45, 2.75) is 25.2 Å². The highest BCUT2D eigenvalue weighted by Gasteiger charge is 2.47. The summed E-state index contributed by atoms with van der Waals surface area (Å²) < 4.78 is 9.35. The summed E-state index contributed by atoms with van der Waals surface area (Å²) >= 11 is 1.31. The zero-order chi connectivity index (χ0) is 21.7. The van der Waals surface area contributed by atoms with Gasteiger partial charge in [-0.05, 0) is 48.9 Å². The topological polar surface area (TPSA) is 85.4 Å². The third-order valence-electron chi connectivity index (χ3n) is 5.26. The van der Waals surface area contributed by atoms with Crippen LogP contribution in [-0.4, -0.2) is 23.2 Å². The minimum Gasteiger partial charge on any atom is -0.439 e. The molecule has 1 aromatic heterocycles. The van der Waals surface area contributed by atoms with Crippen LogP contribution in [0, 0.1) is 6.92 Å². The number of rotatable bonds is 8. The Labute approximate surface area is 186 Å². The second-order valence-electron chi connectivity index (χ2n) is 7.39. The van der Waals surface area contributed by atoms with Crippen molar-refractivity contribution < 1.29 is 4.74 Å². The van der Waals surface area contributed by atoms with Gasteiger partial charge >= 0.3 is 0 Å². The van der Waals surface area contributed by atoms with Crippen LogP contribution in [0.15, 0.2) is 76.8 Å². The third-order valence-corrected chi connectivity index (χ3v) is 6.02. The average Bonchev–Trinajstić information content (AvgIpc) is 3.61. The van der Waals surface area contributed by atoms with Crippen molar-refractivity contribution in [1.29, 1.82) is 0 Å². The largest absolute Gasteiger partial charge is 0.439 e. The summed E-state index contributed by atoms with van der Waals surface area (Å²) in [5.74, 6) is 1.75. The molecule has 31 heavy (non-hydrogen) atoms. The van der Waals surface area contributed by atoms with Gasteiger partial charge in [-0.3, -0.25) is 9.71 Å². The molecule has 158 valence electrons. The molecule has 0 amide bonds. The predicted octanol–water partition coefficient (Wildman–Crippen LogP) is 5.22. The van der Waals surface area contributed by atoms with E-state index in [1.807, 2.05) is 43.3 Å². The van der Waals surface area contributed by atoms with E-state index in [0.717, 1.165) is 34.8 Å². The lowest BCUT2D eigenvalue weighted by Gasteiger charge is -2.18. The number of nitrogens with zero attached hydrogens (tertiary/aromatic N) is 3. The van der Waals surface area contributed by atoms with E-state index in [0.29, 0.717) is 11.8 Å². The lowest BCUT2D eigenvalue weighted by atomic mass is 9.92. The molecule has 0 aliphatic heterocycles. The van der Waals surface area contributed by atoms with Crippen LogP contribution in [0.2, 0.25) is 0 Å². The molecule has 1 heterocycles. The molecule has 0 saturated heterocycles. The first-order valence-electron chi connectivity index (χ1n) is 10.1. The second kappa shape index (κ2) is 9.22. The van der Waals surface area contributed by atoms with E-state index in [2.05, 4.69) is 39.0 Å². The molecule has 7 heteroatoms. The minimum atomic E-state index is -0.105. The van der Waals surface area contributed by atoms with Gasteiger partial charge in [-0.15, -0.1) is 0 Å². The van der Waals surface area contributed by atoms with Gasteiger partial charge in [-0.1, -0.05) is 48.5 Å². The van der Waals surface area contributed by atoms with Gasteiger partial charge in [0.15, 0.2) is 0 Å². The lowest BCUT2D eigenvalue weighted by Crippen LogP contribution is -2.13. The predicted molar refractivity (Wildman–Crippen MR) is 128 cm³/mol. The number of anilines is 1. The molecular formula is C24H25N5OS. The number of nitrogens with two attached hydrogens (primary N) is 1. The summed E-state index contributed by atoms with van der Waals surface area (Å²) in [6.07, 6.45) is 5.26. The molecule has 6 nitrogen and oxygen atoms in total. The maximum absolute atomic E-state index is 6.16. The van der Waals surface area contributed by atoms with Crippen molar-refractivity contribution in [3.63, 3.8) is 0 Å². The SMILES string of the molecule is CN=CC(=CN)SNc1nc(Oc2ccccc2C)cc(C2(c3ccccc3)CC2)n1. The van der Waals surface area contributed by atoms with E-state index in [4.69, 9.17) is 15.5 Å². The summed E-state index contributed by atoms with van der Waals surface area (Å²) in [7, 11) is 1.70. The van der Waals surface area contributed by atoms with Gasteiger partial charge in [0.25, 0.3) is 0 Å². The molecular weight excluding hydrogens is 406 g/mol. The third kappa shape index (κ3) is 4.72. The zero-order valence-corrected chi connectivity index (χ0v) is 18.4. The Hall–Kier alpha value is -3.32. The number of aryl methyl sites for hydroxylation is 1. The van der Waals surface area contributed by atoms with E-state index in [9.17, 15) is 0 Å². The smallest absolute Gasteiger partial charge is 0.236 e. The highest BCUT2D eigenvalue weighted by Crippen LogP contribution is 2.53. The lowest BCUT2D eigenvalue weighted by molar-refractivity contribution is 0.457. The van der Waals surface area contributed by atoms with E-state index in [1.165, 1.54) is 23.7 Å². The number of hydrogen-bond donors (Lipinski definition) is 2. The first kappa shape index (κ1) is 20.9. The molecule has 1 aliphatic rings. The molecule has 1 saturated carbocycles. The number of allylic oxidation sites excluding steroid dienone is 1. The molecule has 0 spiro atoms. The van der Waals surface area contributed by atoms with Crippen LogP contribution >= 0.6 is 11.9 Å². The van der Waals surface area contributed by atoms with E-state index >= 15 is 0 Å². The highest BCUT2D eigenvalue weighted by atomic mass is 32.2. The molecule has 0 atom stereocenters. The fraction of sp³-hybridized carbons (Fsp3) is 0.208. The van der Waals surface area contributed by atoms with Crippen molar-refractivity contribution in [1.82, 2.24) is 9.97 Å². The molecule has 3 N–H and O–H groups in total. The number of aromatic nitrogens is 2. The quantitative estimate of drug-likeness (QED) is 0.376. The Morgan fingerprint density at radius 3 is 2.55 bits per heavy atom. The van der Waals surface area contributed by atoms with Crippen molar-refractivity contribution in [3.8, 4) is 11.6 Å². The van der Waals surface area contributed by atoms with Crippen LogP contribution in [0.25, 0.3) is 0 Å². The average molecular weight is 432 g/mol. The minimum absolute atomic E-state index is 0.105. The number of aliphatic imine (C=N–C) groups is 1. The van der Waals surface area contributed by atoms with Crippen LogP contribution in [0.4, 0.5) is 5.95 Å². The summed E-state index contributed by atoms with van der Waals surface area (Å²) in [6.45, 7) is 2.02. The van der Waals surface area contributed by atoms with Crippen LogP contribution in [0.5, 0.6) is 11.6 Å². The van der Waals surface area contributed by atoms with Crippen LogP contribution in [0.1, 0.15) is 29.7 Å². The van der Waals surface area contributed by atoms with Gasteiger partial charge < -0.3 is 10.5 Å². The van der Waals surface area contributed by atoms with Gasteiger partial charge in [0.2, 0.25) is 11.8 Å². The molecule has 0 radical (unpaired) electrons. The molecule has 4 rings (SSSR count). The highest BCUT2D eigenvalue weighted by molar-refractivity contribution is 8.05. The Morgan fingerprint density at radius 2 is 1.87 bits per heavy atom. The molecule has 1 fully saturated rings. The molecule has 1 aliphatic carbocycles. The maximum atomic E-state index is 6.16. The summed E-state index contributed by atoms with van der Waals surface area (Å²) in [6, 6.07) is 20.3. The molecule has 2 aromatic carbocycles. The molecule has 3 aromatic rings. The van der Waals surface area contributed by atoms with Gasteiger partial charge in [0.1, 0.15) is 5.75 Å². The van der Waals surface area contributed by atoms with Gasteiger partial charge in [0, 0.05) is 30.9 Å². The van der Waals surface area contributed by atoms with Gasteiger partial charge in [0.05, 0.1) is 10.6 Å². The van der Waals surface area contributed by atoms with Crippen molar-refractivity contribution >= 4 is 24.1 Å². The number of nitrogens with one attached hydrogen (secondary N) is 1. The number of para-hydroxylation sites is 1. The summed E-state index contributed by atoms with van der Waals surface area (Å²) in [5, 5.41) is 0. The fourth-order valence-electron chi connectivity index (χ4n) is 3.46. The molecule has 0 unspecified atom stereocenters. The van der Waals surface area contributed by atoms with Gasteiger partial charge in [-0.2, -0.15) is 4.98 Å². The van der Waals surface area contributed by atoms with E-state index in [-0.39, 0.29) is 5.41 Å². The van der Waals surface area contributed by atoms with E-state index < -0.39 is 0 Å². The number of ether oxygens (including phenoxy) is 1. The van der Waals surface area contributed by atoms with Crippen LogP contribution in [0.3, 0.4) is 0 Å². The Kier molecular flexibility index (Phi) is 6.23. The molecule has 0 bridgehead atoms. The van der Waals surface area contributed by atoms with Crippen LogP contribution in [-0.2, 0) is 5.41 Å². The Bertz CT molecular complexity index is 1110. The first-order chi connectivity index (χ1) is 15.1. The number of hydrogen-bond acceptors (Lipinski definition) is 7. The Morgan fingerprint density at radius 1 is 1.13 bits per heavy atom. The summed E-state index contributed by atoms with van der Waals surface area (Å²) in [5.41, 5.74) is 8.82.